The van der Waals surface area contributed by atoms with E-state index in [1.54, 1.807) is 30.3 Å². The summed E-state index contributed by atoms with van der Waals surface area (Å²) in [6.07, 6.45) is 0. The van der Waals surface area contributed by atoms with E-state index in [2.05, 4.69) is 0 Å². The highest BCUT2D eigenvalue weighted by Crippen LogP contribution is 2.32. The van der Waals surface area contributed by atoms with Crippen LogP contribution in [0.1, 0.15) is 5.56 Å². The molecule has 0 aliphatic carbocycles. The molecule has 2 aromatic carbocycles. The van der Waals surface area contributed by atoms with Crippen molar-refractivity contribution in [2.75, 3.05) is 7.11 Å². The van der Waals surface area contributed by atoms with Gasteiger partial charge in [-0.1, -0.05) is 23.7 Å². The van der Waals surface area contributed by atoms with Crippen molar-refractivity contribution in [2.24, 2.45) is 0 Å². The smallest absolute Gasteiger partial charge is 0.160 e. The first-order valence-electron chi connectivity index (χ1n) is 5.22. The Hall–Kier alpha value is -2.18. The third kappa shape index (κ3) is 2.24. The van der Waals surface area contributed by atoms with Gasteiger partial charge in [0, 0.05) is 0 Å². The van der Waals surface area contributed by atoms with Crippen LogP contribution in [0.4, 0.5) is 0 Å². The molecule has 0 fully saturated rings. The highest BCUT2D eigenvalue weighted by molar-refractivity contribution is 6.31. The second-order valence-corrected chi connectivity index (χ2v) is 4.10. The third-order valence-electron chi connectivity index (χ3n) is 2.60. The Balaban J connectivity index is 2.49. The third-order valence-corrected chi connectivity index (χ3v) is 2.93. The average molecular weight is 260 g/mol. The molecule has 2 rings (SSSR count). The van der Waals surface area contributed by atoms with Crippen LogP contribution in [0.5, 0.6) is 11.5 Å². The first-order chi connectivity index (χ1) is 8.65. The minimum atomic E-state index is 0.0588. The molecule has 3 nitrogen and oxygen atoms in total. The van der Waals surface area contributed by atoms with Crippen molar-refractivity contribution in [3.05, 3.63) is 47.0 Å². The summed E-state index contributed by atoms with van der Waals surface area (Å²) >= 11 is 5.87. The van der Waals surface area contributed by atoms with Crippen molar-refractivity contribution in [3.63, 3.8) is 0 Å². The highest BCUT2D eigenvalue weighted by atomic mass is 35.5. The number of benzene rings is 2. The number of rotatable bonds is 2. The minimum absolute atomic E-state index is 0.0588. The van der Waals surface area contributed by atoms with E-state index in [0.717, 1.165) is 11.1 Å². The SMILES string of the molecule is COc1ccc(-c2ccc(Cl)c(C#N)c2)cc1O. The number of halogens is 1. The van der Waals surface area contributed by atoms with Gasteiger partial charge in [-0.25, -0.2) is 0 Å². The zero-order valence-corrected chi connectivity index (χ0v) is 10.4. The quantitative estimate of drug-likeness (QED) is 0.897. The number of methoxy groups -OCH3 is 1. The Kier molecular flexibility index (Phi) is 3.40. The molecule has 2 aromatic rings. The first-order valence-corrected chi connectivity index (χ1v) is 5.60. The predicted molar refractivity (Wildman–Crippen MR) is 69.8 cm³/mol. The van der Waals surface area contributed by atoms with Crippen LogP contribution >= 0.6 is 11.6 Å². The van der Waals surface area contributed by atoms with Gasteiger partial charge in [0.25, 0.3) is 0 Å². The van der Waals surface area contributed by atoms with Gasteiger partial charge in [0.2, 0.25) is 0 Å². The van der Waals surface area contributed by atoms with Crippen molar-refractivity contribution in [3.8, 4) is 28.7 Å². The van der Waals surface area contributed by atoms with Gasteiger partial charge in [-0.3, -0.25) is 0 Å². The molecular formula is C14H10ClNO2. The Morgan fingerprint density at radius 2 is 1.83 bits per heavy atom. The fraction of sp³-hybridized carbons (Fsp3) is 0.0714. The lowest BCUT2D eigenvalue weighted by Gasteiger charge is -2.07. The van der Waals surface area contributed by atoms with Crippen molar-refractivity contribution in [1.29, 1.82) is 5.26 Å². The molecule has 4 heteroatoms. The highest BCUT2D eigenvalue weighted by Gasteiger charge is 2.06. The number of hydrogen-bond acceptors (Lipinski definition) is 3. The maximum absolute atomic E-state index is 9.72. The van der Waals surface area contributed by atoms with Crippen LogP contribution in [0.3, 0.4) is 0 Å². The summed E-state index contributed by atoms with van der Waals surface area (Å²) in [7, 11) is 1.49. The lowest BCUT2D eigenvalue weighted by molar-refractivity contribution is 0.373. The molecule has 0 aliphatic heterocycles. The zero-order chi connectivity index (χ0) is 13.1. The number of phenolic OH excluding ortho intramolecular Hbond substituents is 1. The molecule has 18 heavy (non-hydrogen) atoms. The molecule has 0 amide bonds. The molecule has 0 spiro atoms. The molecule has 0 bridgehead atoms. The Bertz CT molecular complexity index is 632. The summed E-state index contributed by atoms with van der Waals surface area (Å²) in [5.74, 6) is 0.469. The molecule has 0 aromatic heterocycles. The van der Waals surface area contributed by atoms with Gasteiger partial charge in [0.1, 0.15) is 6.07 Å². The van der Waals surface area contributed by atoms with E-state index >= 15 is 0 Å². The van der Waals surface area contributed by atoms with Gasteiger partial charge in [-0.05, 0) is 35.4 Å². The van der Waals surface area contributed by atoms with Gasteiger partial charge in [-0.15, -0.1) is 0 Å². The molecule has 90 valence electrons. The van der Waals surface area contributed by atoms with E-state index in [-0.39, 0.29) is 5.75 Å². The zero-order valence-electron chi connectivity index (χ0n) is 9.64. The number of aromatic hydroxyl groups is 1. The molecule has 0 radical (unpaired) electrons. The average Bonchev–Trinajstić information content (AvgIpc) is 2.39. The van der Waals surface area contributed by atoms with Crippen LogP contribution in [0.25, 0.3) is 11.1 Å². The molecule has 1 N–H and O–H groups in total. The first kappa shape index (κ1) is 12.3. The standard InChI is InChI=1S/C14H10ClNO2/c1-18-14-5-3-10(7-13(14)17)9-2-4-12(15)11(6-9)8-16/h2-7,17H,1H3. The molecule has 0 aliphatic rings. The number of nitrogens with zero attached hydrogens (tertiary/aromatic N) is 1. The Morgan fingerprint density at radius 3 is 2.44 bits per heavy atom. The molecule has 0 unspecified atom stereocenters. The molecule has 0 atom stereocenters. The van der Waals surface area contributed by atoms with E-state index < -0.39 is 0 Å². The maximum atomic E-state index is 9.72. The molecular weight excluding hydrogens is 250 g/mol. The summed E-state index contributed by atoms with van der Waals surface area (Å²) < 4.78 is 4.98. The van der Waals surface area contributed by atoms with Crippen molar-refractivity contribution in [2.45, 2.75) is 0 Å². The van der Waals surface area contributed by atoms with E-state index in [0.29, 0.717) is 16.3 Å². The Labute approximate surface area is 110 Å². The minimum Gasteiger partial charge on any atom is -0.504 e. The van der Waals surface area contributed by atoms with Crippen LogP contribution in [0, 0.1) is 11.3 Å². The summed E-state index contributed by atoms with van der Waals surface area (Å²) in [6.45, 7) is 0. The fourth-order valence-electron chi connectivity index (χ4n) is 1.66. The number of nitriles is 1. The second-order valence-electron chi connectivity index (χ2n) is 3.69. The largest absolute Gasteiger partial charge is 0.504 e. The predicted octanol–water partition coefficient (Wildman–Crippen LogP) is 3.59. The lowest BCUT2D eigenvalue weighted by atomic mass is 10.0. The number of phenols is 1. The van der Waals surface area contributed by atoms with Gasteiger partial charge in [0.15, 0.2) is 11.5 Å². The second kappa shape index (κ2) is 4.99. The molecule has 0 saturated heterocycles. The van der Waals surface area contributed by atoms with E-state index in [4.69, 9.17) is 21.6 Å². The van der Waals surface area contributed by atoms with Gasteiger partial charge < -0.3 is 9.84 Å². The van der Waals surface area contributed by atoms with Crippen LogP contribution in [-0.4, -0.2) is 12.2 Å². The topological polar surface area (TPSA) is 53.2 Å². The van der Waals surface area contributed by atoms with Crippen LogP contribution < -0.4 is 4.74 Å². The van der Waals surface area contributed by atoms with Crippen molar-refractivity contribution < 1.29 is 9.84 Å². The Morgan fingerprint density at radius 1 is 1.17 bits per heavy atom. The summed E-state index contributed by atoms with van der Waals surface area (Å²) in [6, 6.07) is 12.2. The van der Waals surface area contributed by atoms with Crippen LogP contribution in [-0.2, 0) is 0 Å². The van der Waals surface area contributed by atoms with E-state index in [9.17, 15) is 5.11 Å². The van der Waals surface area contributed by atoms with Gasteiger partial charge >= 0.3 is 0 Å². The van der Waals surface area contributed by atoms with Crippen molar-refractivity contribution in [1.82, 2.24) is 0 Å². The monoisotopic (exact) mass is 259 g/mol. The summed E-state index contributed by atoms with van der Waals surface area (Å²) in [5, 5.41) is 19.1. The molecule has 0 heterocycles. The molecule has 0 saturated carbocycles. The maximum Gasteiger partial charge on any atom is 0.160 e. The van der Waals surface area contributed by atoms with E-state index in [1.165, 1.54) is 7.11 Å². The van der Waals surface area contributed by atoms with E-state index in [1.807, 2.05) is 12.1 Å². The fourth-order valence-corrected chi connectivity index (χ4v) is 1.82. The number of hydrogen-bond donors (Lipinski definition) is 1. The van der Waals surface area contributed by atoms with Crippen LogP contribution in [0.2, 0.25) is 5.02 Å². The van der Waals surface area contributed by atoms with Crippen molar-refractivity contribution >= 4 is 11.6 Å². The summed E-state index contributed by atoms with van der Waals surface area (Å²) in [4.78, 5) is 0. The van der Waals surface area contributed by atoms with Gasteiger partial charge in [-0.2, -0.15) is 5.26 Å². The normalized spacial score (nSPS) is 9.83. The van der Waals surface area contributed by atoms with Gasteiger partial charge in [0.05, 0.1) is 17.7 Å². The lowest BCUT2D eigenvalue weighted by Crippen LogP contribution is -1.85. The van der Waals surface area contributed by atoms with Crippen LogP contribution in [0.15, 0.2) is 36.4 Å². The number of ether oxygens (including phenoxy) is 1. The summed E-state index contributed by atoms with van der Waals surface area (Å²) in [5.41, 5.74) is 2.01.